The third-order valence-corrected chi connectivity index (χ3v) is 3.32. The first kappa shape index (κ1) is 14.6. The number of rotatable bonds is 6. The Balaban J connectivity index is 2.73. The van der Waals surface area contributed by atoms with Crippen molar-refractivity contribution in [1.29, 1.82) is 0 Å². The SMILES string of the molecule is CCN(CC(=O)NC)C(=O)c1csc(CCN)n1. The molecule has 0 unspecified atom stereocenters. The van der Waals surface area contributed by atoms with E-state index in [9.17, 15) is 9.59 Å². The number of hydrogen-bond donors (Lipinski definition) is 2. The lowest BCUT2D eigenvalue weighted by Gasteiger charge is -2.18. The molecule has 18 heavy (non-hydrogen) atoms. The number of carbonyl (C=O) groups excluding carboxylic acids is 2. The molecular weight excluding hydrogens is 252 g/mol. The van der Waals surface area contributed by atoms with E-state index in [1.165, 1.54) is 16.2 Å². The van der Waals surface area contributed by atoms with Crippen molar-refractivity contribution < 1.29 is 9.59 Å². The fourth-order valence-electron chi connectivity index (χ4n) is 1.39. The highest BCUT2D eigenvalue weighted by atomic mass is 32.1. The molecule has 6 nitrogen and oxygen atoms in total. The van der Waals surface area contributed by atoms with Crippen LogP contribution in [0.25, 0.3) is 0 Å². The second-order valence-corrected chi connectivity index (χ2v) is 4.60. The van der Waals surface area contributed by atoms with Gasteiger partial charge in [-0.05, 0) is 13.5 Å². The van der Waals surface area contributed by atoms with Crippen LogP contribution in [0, 0.1) is 0 Å². The minimum absolute atomic E-state index is 0.0512. The molecular formula is C11H18N4O2S. The standard InChI is InChI=1S/C11H18N4O2S/c1-3-15(6-9(16)13-2)11(17)8-7-18-10(14-8)4-5-12/h7H,3-6,12H2,1-2H3,(H,13,16). The van der Waals surface area contributed by atoms with Crippen LogP contribution in [0.5, 0.6) is 0 Å². The van der Waals surface area contributed by atoms with Crippen molar-refractivity contribution >= 4 is 23.2 Å². The maximum Gasteiger partial charge on any atom is 0.273 e. The third kappa shape index (κ3) is 3.78. The zero-order valence-electron chi connectivity index (χ0n) is 10.6. The van der Waals surface area contributed by atoms with Crippen LogP contribution in [-0.2, 0) is 11.2 Å². The predicted molar refractivity (Wildman–Crippen MR) is 70.5 cm³/mol. The minimum atomic E-state index is -0.222. The Morgan fingerprint density at radius 3 is 2.83 bits per heavy atom. The second-order valence-electron chi connectivity index (χ2n) is 3.66. The maximum atomic E-state index is 12.1. The summed E-state index contributed by atoms with van der Waals surface area (Å²) in [6.45, 7) is 2.86. The summed E-state index contributed by atoms with van der Waals surface area (Å²) in [7, 11) is 1.54. The molecule has 1 rings (SSSR count). The van der Waals surface area contributed by atoms with Crippen LogP contribution in [0.4, 0.5) is 0 Å². The number of carbonyl (C=O) groups is 2. The van der Waals surface area contributed by atoms with Gasteiger partial charge in [-0.1, -0.05) is 0 Å². The Kier molecular flexibility index (Phi) is 5.73. The van der Waals surface area contributed by atoms with Crippen LogP contribution in [0.3, 0.4) is 0 Å². The quantitative estimate of drug-likeness (QED) is 0.752. The van der Waals surface area contributed by atoms with E-state index in [-0.39, 0.29) is 18.4 Å². The number of thiazole rings is 1. The summed E-state index contributed by atoms with van der Waals surface area (Å²) < 4.78 is 0. The van der Waals surface area contributed by atoms with Crippen molar-refractivity contribution in [3.63, 3.8) is 0 Å². The Hall–Kier alpha value is -1.47. The Morgan fingerprint density at radius 1 is 1.56 bits per heavy atom. The van der Waals surface area contributed by atoms with E-state index in [1.807, 2.05) is 6.92 Å². The molecule has 7 heteroatoms. The number of nitrogens with zero attached hydrogens (tertiary/aromatic N) is 2. The number of likely N-dealkylation sites (N-methyl/N-ethyl adjacent to an activating group) is 2. The molecule has 2 amide bonds. The van der Waals surface area contributed by atoms with E-state index in [2.05, 4.69) is 10.3 Å². The highest BCUT2D eigenvalue weighted by Crippen LogP contribution is 2.12. The monoisotopic (exact) mass is 270 g/mol. The highest BCUT2D eigenvalue weighted by Gasteiger charge is 2.19. The fraction of sp³-hybridized carbons (Fsp3) is 0.545. The molecule has 0 spiro atoms. The first-order valence-corrected chi connectivity index (χ1v) is 6.64. The molecule has 1 aromatic heterocycles. The molecule has 0 atom stereocenters. The molecule has 1 aromatic rings. The largest absolute Gasteiger partial charge is 0.358 e. The molecule has 0 aliphatic carbocycles. The molecule has 0 saturated carbocycles. The van der Waals surface area contributed by atoms with Gasteiger partial charge in [-0.2, -0.15) is 0 Å². The summed E-state index contributed by atoms with van der Waals surface area (Å²) in [5.74, 6) is -0.414. The Labute approximate surface area is 110 Å². The molecule has 1 heterocycles. The molecule has 3 N–H and O–H groups in total. The zero-order chi connectivity index (χ0) is 13.5. The topological polar surface area (TPSA) is 88.3 Å². The molecule has 0 radical (unpaired) electrons. The van der Waals surface area contributed by atoms with Gasteiger partial charge in [0.25, 0.3) is 5.91 Å². The van der Waals surface area contributed by atoms with Gasteiger partial charge < -0.3 is 16.0 Å². The van der Waals surface area contributed by atoms with Crippen LogP contribution < -0.4 is 11.1 Å². The van der Waals surface area contributed by atoms with Crippen molar-refractivity contribution in [2.45, 2.75) is 13.3 Å². The Morgan fingerprint density at radius 2 is 2.28 bits per heavy atom. The van der Waals surface area contributed by atoms with Crippen molar-refractivity contribution in [3.8, 4) is 0 Å². The van der Waals surface area contributed by atoms with Gasteiger partial charge in [0.1, 0.15) is 5.69 Å². The van der Waals surface area contributed by atoms with E-state index in [0.717, 1.165) is 5.01 Å². The van der Waals surface area contributed by atoms with Crippen LogP contribution in [0.1, 0.15) is 22.4 Å². The fourth-order valence-corrected chi connectivity index (χ4v) is 2.18. The molecule has 100 valence electrons. The van der Waals surface area contributed by atoms with Gasteiger partial charge in [-0.25, -0.2) is 4.98 Å². The number of nitrogens with one attached hydrogen (secondary N) is 1. The summed E-state index contributed by atoms with van der Waals surface area (Å²) in [5, 5.41) is 5.05. The van der Waals surface area contributed by atoms with Crippen LogP contribution in [-0.4, -0.2) is 48.4 Å². The number of aromatic nitrogens is 1. The summed E-state index contributed by atoms with van der Waals surface area (Å²) in [5.41, 5.74) is 5.82. The lowest BCUT2D eigenvalue weighted by molar-refractivity contribution is -0.121. The van der Waals surface area contributed by atoms with E-state index in [0.29, 0.717) is 25.2 Å². The summed E-state index contributed by atoms with van der Waals surface area (Å²) in [6.07, 6.45) is 0.666. The van der Waals surface area contributed by atoms with Gasteiger partial charge in [-0.3, -0.25) is 9.59 Å². The van der Waals surface area contributed by atoms with Crippen LogP contribution in [0.2, 0.25) is 0 Å². The van der Waals surface area contributed by atoms with Crippen LogP contribution in [0.15, 0.2) is 5.38 Å². The minimum Gasteiger partial charge on any atom is -0.358 e. The van der Waals surface area contributed by atoms with E-state index >= 15 is 0 Å². The zero-order valence-corrected chi connectivity index (χ0v) is 11.4. The average molecular weight is 270 g/mol. The molecule has 0 bridgehead atoms. The van der Waals surface area contributed by atoms with Gasteiger partial charge >= 0.3 is 0 Å². The first-order valence-electron chi connectivity index (χ1n) is 5.76. The molecule has 0 fully saturated rings. The third-order valence-electron chi connectivity index (χ3n) is 2.41. The van der Waals surface area contributed by atoms with E-state index < -0.39 is 0 Å². The first-order chi connectivity index (χ1) is 8.62. The lowest BCUT2D eigenvalue weighted by Crippen LogP contribution is -2.39. The van der Waals surface area contributed by atoms with Gasteiger partial charge in [-0.15, -0.1) is 11.3 Å². The van der Waals surface area contributed by atoms with Gasteiger partial charge in [0, 0.05) is 25.4 Å². The molecule has 0 aliphatic rings. The van der Waals surface area contributed by atoms with Crippen molar-refractivity contribution in [2.24, 2.45) is 5.73 Å². The number of nitrogens with two attached hydrogens (primary N) is 1. The second kappa shape index (κ2) is 7.07. The van der Waals surface area contributed by atoms with Crippen LogP contribution >= 0.6 is 11.3 Å². The summed E-state index contributed by atoms with van der Waals surface area (Å²) in [6, 6.07) is 0. The maximum absolute atomic E-state index is 12.1. The smallest absolute Gasteiger partial charge is 0.273 e. The van der Waals surface area contributed by atoms with Gasteiger partial charge in [0.05, 0.1) is 11.6 Å². The summed E-state index contributed by atoms with van der Waals surface area (Å²) >= 11 is 1.42. The average Bonchev–Trinajstić information content (AvgIpc) is 2.83. The number of amides is 2. The molecule has 0 aliphatic heterocycles. The Bertz CT molecular complexity index is 419. The highest BCUT2D eigenvalue weighted by molar-refractivity contribution is 7.09. The van der Waals surface area contributed by atoms with Gasteiger partial charge in [0.15, 0.2) is 0 Å². The van der Waals surface area contributed by atoms with E-state index in [4.69, 9.17) is 5.73 Å². The van der Waals surface area contributed by atoms with Crippen molar-refractivity contribution in [3.05, 3.63) is 16.1 Å². The van der Waals surface area contributed by atoms with E-state index in [1.54, 1.807) is 12.4 Å². The number of hydrogen-bond acceptors (Lipinski definition) is 5. The normalized spacial score (nSPS) is 10.2. The lowest BCUT2D eigenvalue weighted by atomic mass is 10.3. The molecule has 0 aromatic carbocycles. The predicted octanol–water partition coefficient (Wildman–Crippen LogP) is -0.148. The van der Waals surface area contributed by atoms with Crippen molar-refractivity contribution in [1.82, 2.24) is 15.2 Å². The van der Waals surface area contributed by atoms with Gasteiger partial charge in [0.2, 0.25) is 5.91 Å². The summed E-state index contributed by atoms with van der Waals surface area (Å²) in [4.78, 5) is 29.1. The molecule has 0 saturated heterocycles. The van der Waals surface area contributed by atoms with Crippen molar-refractivity contribution in [2.75, 3.05) is 26.7 Å².